The quantitative estimate of drug-likeness (QED) is 0.722. The summed E-state index contributed by atoms with van der Waals surface area (Å²) in [6.45, 7) is 2.59. The number of piperazine rings is 1. The van der Waals surface area contributed by atoms with Crippen molar-refractivity contribution in [3.05, 3.63) is 54.4 Å². The van der Waals surface area contributed by atoms with Crippen LogP contribution in [0.3, 0.4) is 0 Å². The summed E-state index contributed by atoms with van der Waals surface area (Å²) in [7, 11) is 0. The number of nitrogens with zero attached hydrogens (tertiary/aromatic N) is 3. The molecule has 4 saturated carbocycles. The van der Waals surface area contributed by atoms with Crippen LogP contribution in [-0.2, 0) is 4.79 Å². The highest BCUT2D eigenvalue weighted by atomic mass is 16.2. The van der Waals surface area contributed by atoms with Crippen molar-refractivity contribution >= 4 is 11.8 Å². The molecule has 1 saturated heterocycles. The number of aromatic nitrogens is 1. The second kappa shape index (κ2) is 7.79. The first kappa shape index (κ1) is 20.1. The fraction of sp³-hybridized carbons (Fsp3) is 0.556. The minimum Gasteiger partial charge on any atom is -0.339 e. The van der Waals surface area contributed by atoms with E-state index in [0.717, 1.165) is 29.9 Å². The molecule has 32 heavy (non-hydrogen) atoms. The Kier molecular flexibility index (Phi) is 4.89. The van der Waals surface area contributed by atoms with Gasteiger partial charge in [0, 0.05) is 56.2 Å². The van der Waals surface area contributed by atoms with E-state index in [1.807, 2.05) is 63.2 Å². The molecule has 7 rings (SSSR count). The van der Waals surface area contributed by atoms with Crippen molar-refractivity contribution < 1.29 is 9.59 Å². The van der Waals surface area contributed by atoms with Crippen LogP contribution in [0.2, 0.25) is 0 Å². The van der Waals surface area contributed by atoms with Gasteiger partial charge in [-0.2, -0.15) is 0 Å². The maximum Gasteiger partial charge on any atom is 0.253 e. The lowest BCUT2D eigenvalue weighted by molar-refractivity contribution is -0.141. The van der Waals surface area contributed by atoms with Crippen LogP contribution in [-0.4, -0.2) is 52.4 Å². The lowest BCUT2D eigenvalue weighted by atomic mass is 9.49. The summed E-state index contributed by atoms with van der Waals surface area (Å²) in [6, 6.07) is 11.8. The Hall–Kier alpha value is -2.56. The number of carbonyl (C=O) groups excluding carboxylic acids is 2. The Labute approximate surface area is 190 Å². The summed E-state index contributed by atoms with van der Waals surface area (Å²) in [6.07, 6.45) is 12.8. The fourth-order valence-corrected chi connectivity index (χ4v) is 7.56. The number of amides is 2. The second-order valence-electron chi connectivity index (χ2n) is 10.9. The zero-order valence-corrected chi connectivity index (χ0v) is 18.8. The summed E-state index contributed by atoms with van der Waals surface area (Å²) in [5.41, 5.74) is 2.06. The van der Waals surface area contributed by atoms with Crippen molar-refractivity contribution in [2.75, 3.05) is 26.2 Å². The molecule has 5 heteroatoms. The minimum atomic E-state index is 0.0669. The zero-order chi connectivity index (χ0) is 21.7. The Morgan fingerprint density at radius 1 is 0.781 bits per heavy atom. The van der Waals surface area contributed by atoms with Crippen LogP contribution in [0.1, 0.15) is 55.3 Å². The van der Waals surface area contributed by atoms with Crippen LogP contribution in [0.15, 0.2) is 48.8 Å². The largest absolute Gasteiger partial charge is 0.339 e. The van der Waals surface area contributed by atoms with E-state index in [1.165, 1.54) is 38.5 Å². The number of rotatable bonds is 4. The van der Waals surface area contributed by atoms with Gasteiger partial charge in [0.2, 0.25) is 5.91 Å². The van der Waals surface area contributed by atoms with Crippen molar-refractivity contribution in [2.24, 2.45) is 23.2 Å². The topological polar surface area (TPSA) is 45.6 Å². The van der Waals surface area contributed by atoms with E-state index in [0.29, 0.717) is 43.1 Å². The van der Waals surface area contributed by atoms with E-state index in [9.17, 15) is 9.59 Å². The summed E-state index contributed by atoms with van der Waals surface area (Å²) in [5.74, 6) is 3.04. The van der Waals surface area contributed by atoms with Crippen molar-refractivity contribution in [1.82, 2.24) is 14.4 Å². The van der Waals surface area contributed by atoms with Crippen molar-refractivity contribution in [3.63, 3.8) is 0 Å². The van der Waals surface area contributed by atoms with E-state index in [4.69, 9.17) is 0 Å². The molecule has 0 radical (unpaired) electrons. The van der Waals surface area contributed by atoms with E-state index < -0.39 is 0 Å². The van der Waals surface area contributed by atoms with Gasteiger partial charge < -0.3 is 14.4 Å². The first-order chi connectivity index (χ1) is 15.6. The molecule has 0 unspecified atom stereocenters. The van der Waals surface area contributed by atoms with Gasteiger partial charge in [0.05, 0.1) is 0 Å². The van der Waals surface area contributed by atoms with Gasteiger partial charge in [0.15, 0.2) is 0 Å². The third-order valence-electron chi connectivity index (χ3n) is 8.63. The first-order valence-electron chi connectivity index (χ1n) is 12.4. The standard InChI is InChI=1S/C27H33N3O2/c31-25(19-27-16-20-13-21(17-27)15-22(14-20)18-27)29-9-11-30(12-10-29)26(32)23-3-5-24(6-4-23)28-7-1-2-8-28/h1-8,20-22H,9-19H2. The minimum absolute atomic E-state index is 0.0669. The molecule has 2 amide bonds. The second-order valence-corrected chi connectivity index (χ2v) is 10.9. The SMILES string of the molecule is O=C(CC12CC3CC(CC(C3)C1)C2)N1CCN(C(=O)c2ccc(-n3cccc3)cc2)CC1. The van der Waals surface area contributed by atoms with Crippen molar-refractivity contribution in [3.8, 4) is 5.69 Å². The molecule has 1 aliphatic heterocycles. The third kappa shape index (κ3) is 3.66. The maximum atomic E-state index is 13.2. The number of hydrogen-bond acceptors (Lipinski definition) is 2. The van der Waals surface area contributed by atoms with Crippen LogP contribution in [0, 0.1) is 23.2 Å². The van der Waals surface area contributed by atoms with Crippen LogP contribution in [0.25, 0.3) is 5.69 Å². The van der Waals surface area contributed by atoms with E-state index in [-0.39, 0.29) is 5.91 Å². The van der Waals surface area contributed by atoms with Gasteiger partial charge in [0.1, 0.15) is 0 Å². The highest BCUT2D eigenvalue weighted by molar-refractivity contribution is 5.94. The molecule has 2 aromatic rings. The molecule has 1 aromatic carbocycles. The molecular weight excluding hydrogens is 398 g/mol. The van der Waals surface area contributed by atoms with Crippen LogP contribution >= 0.6 is 0 Å². The summed E-state index contributed by atoms with van der Waals surface area (Å²) < 4.78 is 2.03. The highest BCUT2D eigenvalue weighted by Crippen LogP contribution is 2.61. The zero-order valence-electron chi connectivity index (χ0n) is 18.8. The molecule has 0 atom stereocenters. The van der Waals surface area contributed by atoms with Gasteiger partial charge >= 0.3 is 0 Å². The molecule has 5 aliphatic rings. The van der Waals surface area contributed by atoms with Crippen LogP contribution < -0.4 is 0 Å². The van der Waals surface area contributed by atoms with E-state index >= 15 is 0 Å². The third-order valence-corrected chi connectivity index (χ3v) is 8.63. The maximum absolute atomic E-state index is 13.2. The van der Waals surface area contributed by atoms with Gasteiger partial charge in [-0.05, 0) is 98.1 Å². The average molecular weight is 432 g/mol. The summed E-state index contributed by atoms with van der Waals surface area (Å²) in [4.78, 5) is 30.1. The summed E-state index contributed by atoms with van der Waals surface area (Å²) >= 11 is 0. The van der Waals surface area contributed by atoms with E-state index in [2.05, 4.69) is 0 Å². The van der Waals surface area contributed by atoms with Crippen molar-refractivity contribution in [2.45, 2.75) is 44.9 Å². The Bertz CT molecular complexity index is 951. The molecule has 5 nitrogen and oxygen atoms in total. The van der Waals surface area contributed by atoms with Gasteiger partial charge in [-0.15, -0.1) is 0 Å². The number of hydrogen-bond donors (Lipinski definition) is 0. The molecule has 0 N–H and O–H groups in total. The molecule has 0 spiro atoms. The lowest BCUT2D eigenvalue weighted by Crippen LogP contribution is -2.53. The smallest absolute Gasteiger partial charge is 0.253 e. The molecule has 4 bridgehead atoms. The molecule has 168 valence electrons. The molecule has 5 fully saturated rings. The normalized spacial score (nSPS) is 31.2. The Morgan fingerprint density at radius 3 is 1.88 bits per heavy atom. The Morgan fingerprint density at radius 2 is 1.31 bits per heavy atom. The van der Waals surface area contributed by atoms with Gasteiger partial charge in [-0.25, -0.2) is 0 Å². The Balaban J connectivity index is 1.05. The first-order valence-corrected chi connectivity index (χ1v) is 12.4. The average Bonchev–Trinajstić information content (AvgIpc) is 3.33. The number of carbonyl (C=O) groups is 2. The monoisotopic (exact) mass is 431 g/mol. The van der Waals surface area contributed by atoms with Gasteiger partial charge in [-0.1, -0.05) is 0 Å². The predicted octanol–water partition coefficient (Wildman–Crippen LogP) is 4.37. The van der Waals surface area contributed by atoms with E-state index in [1.54, 1.807) is 0 Å². The van der Waals surface area contributed by atoms with Crippen molar-refractivity contribution in [1.29, 1.82) is 0 Å². The van der Waals surface area contributed by atoms with Gasteiger partial charge in [0.25, 0.3) is 5.91 Å². The van der Waals surface area contributed by atoms with Crippen LogP contribution in [0.5, 0.6) is 0 Å². The lowest BCUT2D eigenvalue weighted by Gasteiger charge is -2.57. The summed E-state index contributed by atoms with van der Waals surface area (Å²) in [5, 5.41) is 0. The fourth-order valence-electron chi connectivity index (χ4n) is 7.56. The predicted molar refractivity (Wildman–Crippen MR) is 123 cm³/mol. The molecule has 1 aromatic heterocycles. The van der Waals surface area contributed by atoms with Crippen LogP contribution in [0.4, 0.5) is 0 Å². The molecule has 2 heterocycles. The highest BCUT2D eigenvalue weighted by Gasteiger charge is 2.51. The van der Waals surface area contributed by atoms with Gasteiger partial charge in [-0.3, -0.25) is 9.59 Å². The molecule has 4 aliphatic carbocycles. The number of benzene rings is 1. The molecular formula is C27H33N3O2.